The fraction of sp³-hybridized carbons (Fsp3) is 0.273. The first kappa shape index (κ1) is 12.7. The standard InChI is InChI=1S/C11H12BrNO3/c1-3-4-8(11(15)16)9-5-7(12)6-13(2)10(9)14/h3,5-6,8H,1,4H2,2H3,(H,15,16). The van der Waals surface area contributed by atoms with Gasteiger partial charge in [0.2, 0.25) is 0 Å². The van der Waals surface area contributed by atoms with Crippen molar-refractivity contribution in [2.45, 2.75) is 12.3 Å². The highest BCUT2D eigenvalue weighted by Crippen LogP contribution is 2.20. The monoisotopic (exact) mass is 285 g/mol. The highest BCUT2D eigenvalue weighted by Gasteiger charge is 2.22. The second-order valence-electron chi connectivity index (χ2n) is 3.44. The van der Waals surface area contributed by atoms with E-state index in [9.17, 15) is 9.59 Å². The number of aromatic nitrogens is 1. The Labute approximate surface area is 101 Å². The van der Waals surface area contributed by atoms with E-state index in [-0.39, 0.29) is 17.5 Å². The minimum Gasteiger partial charge on any atom is -0.481 e. The molecule has 1 unspecified atom stereocenters. The zero-order valence-electron chi connectivity index (χ0n) is 8.81. The number of rotatable bonds is 4. The van der Waals surface area contributed by atoms with E-state index in [0.717, 1.165) is 0 Å². The van der Waals surface area contributed by atoms with Crippen molar-refractivity contribution in [1.29, 1.82) is 0 Å². The molecule has 0 aliphatic heterocycles. The first-order valence-electron chi connectivity index (χ1n) is 4.67. The molecule has 0 saturated heterocycles. The summed E-state index contributed by atoms with van der Waals surface area (Å²) in [6.07, 6.45) is 3.33. The van der Waals surface area contributed by atoms with Gasteiger partial charge in [0.05, 0.1) is 5.92 Å². The van der Waals surface area contributed by atoms with Crippen LogP contribution < -0.4 is 5.56 Å². The molecular weight excluding hydrogens is 274 g/mol. The number of carbonyl (C=O) groups is 1. The molecule has 0 spiro atoms. The zero-order valence-corrected chi connectivity index (χ0v) is 10.4. The van der Waals surface area contributed by atoms with E-state index in [1.165, 1.54) is 10.6 Å². The van der Waals surface area contributed by atoms with Crippen molar-refractivity contribution in [3.05, 3.63) is 45.3 Å². The molecule has 16 heavy (non-hydrogen) atoms. The zero-order chi connectivity index (χ0) is 12.3. The number of halogens is 1. The van der Waals surface area contributed by atoms with Crippen LogP contribution in [0, 0.1) is 0 Å². The number of carboxylic acid groups (broad SMARTS) is 1. The largest absolute Gasteiger partial charge is 0.481 e. The van der Waals surface area contributed by atoms with Gasteiger partial charge in [-0.15, -0.1) is 6.58 Å². The van der Waals surface area contributed by atoms with Crippen LogP contribution in [0.25, 0.3) is 0 Å². The second kappa shape index (κ2) is 5.12. The molecule has 0 fully saturated rings. The smallest absolute Gasteiger partial charge is 0.311 e. The van der Waals surface area contributed by atoms with E-state index >= 15 is 0 Å². The van der Waals surface area contributed by atoms with Gasteiger partial charge in [0.15, 0.2) is 0 Å². The average Bonchev–Trinajstić information content (AvgIpc) is 2.20. The maximum atomic E-state index is 11.8. The van der Waals surface area contributed by atoms with Gasteiger partial charge in [0, 0.05) is 23.3 Å². The van der Waals surface area contributed by atoms with E-state index in [2.05, 4.69) is 22.5 Å². The third-order valence-electron chi connectivity index (χ3n) is 2.25. The number of hydrogen-bond acceptors (Lipinski definition) is 2. The lowest BCUT2D eigenvalue weighted by Crippen LogP contribution is -2.26. The van der Waals surface area contributed by atoms with Gasteiger partial charge in [-0.2, -0.15) is 0 Å². The van der Waals surface area contributed by atoms with Crippen LogP contribution in [-0.4, -0.2) is 15.6 Å². The first-order chi connectivity index (χ1) is 7.47. The summed E-state index contributed by atoms with van der Waals surface area (Å²) >= 11 is 3.24. The molecule has 1 N–H and O–H groups in total. The number of pyridine rings is 1. The quantitative estimate of drug-likeness (QED) is 0.860. The predicted molar refractivity (Wildman–Crippen MR) is 64.6 cm³/mol. The minimum absolute atomic E-state index is 0.237. The van der Waals surface area contributed by atoms with Crippen LogP contribution in [0.4, 0.5) is 0 Å². The van der Waals surface area contributed by atoms with E-state index < -0.39 is 11.9 Å². The van der Waals surface area contributed by atoms with Gasteiger partial charge in [-0.3, -0.25) is 9.59 Å². The van der Waals surface area contributed by atoms with Crippen molar-refractivity contribution >= 4 is 21.9 Å². The fourth-order valence-corrected chi connectivity index (χ4v) is 2.03. The molecule has 1 aromatic rings. The van der Waals surface area contributed by atoms with Crippen molar-refractivity contribution in [2.75, 3.05) is 0 Å². The Morgan fingerprint density at radius 2 is 2.38 bits per heavy atom. The highest BCUT2D eigenvalue weighted by atomic mass is 79.9. The molecule has 4 nitrogen and oxygen atoms in total. The van der Waals surface area contributed by atoms with Crippen molar-refractivity contribution in [2.24, 2.45) is 7.05 Å². The number of carboxylic acids is 1. The Kier molecular flexibility index (Phi) is 4.06. The van der Waals surface area contributed by atoms with Gasteiger partial charge in [0.25, 0.3) is 5.56 Å². The molecule has 5 heteroatoms. The predicted octanol–water partition coefficient (Wildman–Crippen LogP) is 1.89. The van der Waals surface area contributed by atoms with Crippen LogP contribution in [0.2, 0.25) is 0 Å². The Balaban J connectivity index is 3.34. The van der Waals surface area contributed by atoms with Gasteiger partial charge in [0.1, 0.15) is 0 Å². The maximum Gasteiger partial charge on any atom is 0.311 e. The van der Waals surface area contributed by atoms with Gasteiger partial charge >= 0.3 is 5.97 Å². The van der Waals surface area contributed by atoms with Crippen molar-refractivity contribution in [3.8, 4) is 0 Å². The van der Waals surface area contributed by atoms with Crippen LogP contribution in [0.5, 0.6) is 0 Å². The van der Waals surface area contributed by atoms with Crippen LogP contribution in [0.3, 0.4) is 0 Å². The summed E-state index contributed by atoms with van der Waals surface area (Å²) in [6, 6.07) is 1.55. The average molecular weight is 286 g/mol. The van der Waals surface area contributed by atoms with Gasteiger partial charge in [-0.25, -0.2) is 0 Å². The van der Waals surface area contributed by atoms with Crippen molar-refractivity contribution in [3.63, 3.8) is 0 Å². The summed E-state index contributed by atoms with van der Waals surface area (Å²) in [5.41, 5.74) is -0.0262. The normalized spacial score (nSPS) is 12.1. The molecule has 0 aromatic carbocycles. The van der Waals surface area contributed by atoms with Crippen molar-refractivity contribution in [1.82, 2.24) is 4.57 Å². The Morgan fingerprint density at radius 1 is 1.75 bits per heavy atom. The van der Waals surface area contributed by atoms with Gasteiger partial charge < -0.3 is 9.67 Å². The molecular formula is C11H12BrNO3. The third kappa shape index (κ3) is 2.61. The van der Waals surface area contributed by atoms with Crippen molar-refractivity contribution < 1.29 is 9.90 Å². The number of hydrogen-bond donors (Lipinski definition) is 1. The first-order valence-corrected chi connectivity index (χ1v) is 5.46. The lowest BCUT2D eigenvalue weighted by Gasteiger charge is -2.11. The van der Waals surface area contributed by atoms with Crippen LogP contribution in [-0.2, 0) is 11.8 Å². The molecule has 0 saturated carbocycles. The number of allylic oxidation sites excluding steroid dienone is 1. The minimum atomic E-state index is -1.02. The molecule has 1 atom stereocenters. The summed E-state index contributed by atoms with van der Waals surface area (Å²) in [4.78, 5) is 22.8. The van der Waals surface area contributed by atoms with E-state index in [0.29, 0.717) is 4.47 Å². The van der Waals surface area contributed by atoms with E-state index in [1.807, 2.05) is 0 Å². The fourth-order valence-electron chi connectivity index (χ4n) is 1.47. The molecule has 0 aliphatic rings. The van der Waals surface area contributed by atoms with E-state index in [1.54, 1.807) is 19.3 Å². The number of nitrogens with zero attached hydrogens (tertiary/aromatic N) is 1. The Bertz CT molecular complexity index is 479. The summed E-state index contributed by atoms with van der Waals surface area (Å²) < 4.78 is 2.04. The lowest BCUT2D eigenvalue weighted by atomic mass is 9.97. The highest BCUT2D eigenvalue weighted by molar-refractivity contribution is 9.10. The Hall–Kier alpha value is -1.36. The lowest BCUT2D eigenvalue weighted by molar-refractivity contribution is -0.138. The molecule has 0 radical (unpaired) electrons. The van der Waals surface area contributed by atoms with Crippen LogP contribution in [0.15, 0.2) is 34.2 Å². The van der Waals surface area contributed by atoms with Crippen LogP contribution >= 0.6 is 15.9 Å². The van der Waals surface area contributed by atoms with Crippen LogP contribution in [0.1, 0.15) is 17.9 Å². The maximum absolute atomic E-state index is 11.8. The second-order valence-corrected chi connectivity index (χ2v) is 4.36. The SMILES string of the molecule is C=CCC(C(=O)O)c1cc(Br)cn(C)c1=O. The van der Waals surface area contributed by atoms with Gasteiger partial charge in [-0.1, -0.05) is 6.08 Å². The number of aliphatic carboxylic acids is 1. The molecule has 0 amide bonds. The molecule has 1 heterocycles. The molecule has 0 aliphatic carbocycles. The topological polar surface area (TPSA) is 59.3 Å². The van der Waals surface area contributed by atoms with Gasteiger partial charge in [-0.05, 0) is 28.4 Å². The summed E-state index contributed by atoms with van der Waals surface area (Å²) in [7, 11) is 1.59. The molecule has 1 aromatic heterocycles. The summed E-state index contributed by atoms with van der Waals surface area (Å²) in [5, 5.41) is 9.05. The Morgan fingerprint density at radius 3 is 2.88 bits per heavy atom. The molecule has 0 bridgehead atoms. The summed E-state index contributed by atoms with van der Waals surface area (Å²) in [5.74, 6) is -1.86. The third-order valence-corrected chi connectivity index (χ3v) is 2.69. The number of aryl methyl sites for hydroxylation is 1. The molecule has 86 valence electrons. The van der Waals surface area contributed by atoms with E-state index in [4.69, 9.17) is 5.11 Å². The summed E-state index contributed by atoms with van der Waals surface area (Å²) in [6.45, 7) is 3.50. The molecule has 1 rings (SSSR count).